The normalized spacial score (nSPS) is 12.5. The van der Waals surface area contributed by atoms with Gasteiger partial charge in [0.2, 0.25) is 21.8 Å². The van der Waals surface area contributed by atoms with Gasteiger partial charge in [-0.15, -0.1) is 0 Å². The van der Waals surface area contributed by atoms with Crippen LogP contribution in [-0.2, 0) is 19.6 Å². The summed E-state index contributed by atoms with van der Waals surface area (Å²) in [5.41, 5.74) is 1.32. The number of para-hydroxylation sites is 1. The number of benzene rings is 2. The number of hydrogen-bond donors (Lipinski definition) is 2. The Balaban J connectivity index is 1.92. The van der Waals surface area contributed by atoms with Crippen LogP contribution in [0.2, 0.25) is 5.02 Å². The summed E-state index contributed by atoms with van der Waals surface area (Å²) in [5.74, 6) is -0.590. The topological polar surface area (TPSA) is 113 Å². The lowest BCUT2D eigenvalue weighted by molar-refractivity contribution is -0.134. The molecule has 2 aromatic carbocycles. The first-order valence-corrected chi connectivity index (χ1v) is 11.0. The zero-order valence-corrected chi connectivity index (χ0v) is 18.6. The van der Waals surface area contributed by atoms with Gasteiger partial charge in [-0.25, -0.2) is 13.6 Å². The van der Waals surface area contributed by atoms with Crippen LogP contribution in [0.5, 0.6) is 0 Å². The number of carbonyl (C=O) groups excluding carboxylic acids is 2. The number of rotatable bonds is 8. The number of nitrogens with one attached hydrogen (secondary N) is 1. The van der Waals surface area contributed by atoms with Gasteiger partial charge in [0.1, 0.15) is 0 Å². The zero-order chi connectivity index (χ0) is 22.5. The van der Waals surface area contributed by atoms with Crippen molar-refractivity contribution < 1.29 is 18.0 Å². The monoisotopic (exact) mass is 452 g/mol. The Kier molecular flexibility index (Phi) is 7.96. The van der Waals surface area contributed by atoms with E-state index in [4.69, 9.17) is 16.7 Å². The van der Waals surface area contributed by atoms with Gasteiger partial charge < -0.3 is 10.2 Å². The maximum atomic E-state index is 12.5. The van der Waals surface area contributed by atoms with Crippen molar-refractivity contribution in [2.75, 3.05) is 32.5 Å². The van der Waals surface area contributed by atoms with Crippen LogP contribution in [-0.4, -0.2) is 57.2 Å². The molecule has 0 aliphatic rings. The van der Waals surface area contributed by atoms with E-state index in [0.717, 1.165) is 5.56 Å². The van der Waals surface area contributed by atoms with E-state index in [-0.39, 0.29) is 35.8 Å². The zero-order valence-electron chi connectivity index (χ0n) is 17.0. The molecule has 2 rings (SSSR count). The van der Waals surface area contributed by atoms with Crippen molar-refractivity contribution in [1.29, 1.82) is 0 Å². The quantitative estimate of drug-likeness (QED) is 0.636. The Morgan fingerprint density at radius 3 is 2.23 bits per heavy atom. The molecule has 0 spiro atoms. The maximum absolute atomic E-state index is 12.5. The maximum Gasteiger partial charge on any atom is 0.244 e. The second-order valence-electron chi connectivity index (χ2n) is 6.98. The lowest BCUT2D eigenvalue weighted by Crippen LogP contribution is -2.41. The van der Waals surface area contributed by atoms with Gasteiger partial charge in [-0.1, -0.05) is 35.9 Å². The van der Waals surface area contributed by atoms with Crippen LogP contribution >= 0.6 is 11.6 Å². The summed E-state index contributed by atoms with van der Waals surface area (Å²) in [6.45, 7) is 1.85. The van der Waals surface area contributed by atoms with Gasteiger partial charge in [0.25, 0.3) is 0 Å². The predicted octanol–water partition coefficient (Wildman–Crippen LogP) is 2.08. The first kappa shape index (κ1) is 23.8. The van der Waals surface area contributed by atoms with Gasteiger partial charge >= 0.3 is 0 Å². The number of nitrogens with zero attached hydrogens (tertiary/aromatic N) is 2. The van der Waals surface area contributed by atoms with Gasteiger partial charge in [0, 0.05) is 13.1 Å². The molecule has 162 valence electrons. The highest BCUT2D eigenvalue weighted by molar-refractivity contribution is 7.89. The van der Waals surface area contributed by atoms with Crippen LogP contribution in [0.25, 0.3) is 0 Å². The van der Waals surface area contributed by atoms with Crippen LogP contribution < -0.4 is 10.5 Å². The molecule has 0 bridgehead atoms. The van der Waals surface area contributed by atoms with E-state index in [2.05, 4.69) is 5.32 Å². The fourth-order valence-electron chi connectivity index (χ4n) is 2.72. The number of hydrogen-bond acceptors (Lipinski definition) is 5. The molecule has 0 fully saturated rings. The van der Waals surface area contributed by atoms with Gasteiger partial charge in [-0.05, 0) is 43.8 Å². The Morgan fingerprint density at radius 2 is 1.67 bits per heavy atom. The smallest absolute Gasteiger partial charge is 0.244 e. The number of nitrogens with two attached hydrogens (primary N) is 1. The van der Waals surface area contributed by atoms with Crippen molar-refractivity contribution in [3.8, 4) is 0 Å². The van der Waals surface area contributed by atoms with E-state index in [1.165, 1.54) is 17.0 Å². The van der Waals surface area contributed by atoms with Crippen LogP contribution in [0.4, 0.5) is 5.69 Å². The molecule has 0 aliphatic carbocycles. The van der Waals surface area contributed by atoms with E-state index in [0.29, 0.717) is 10.7 Å². The fourth-order valence-corrected chi connectivity index (χ4v) is 3.42. The molecule has 0 saturated heterocycles. The lowest BCUT2D eigenvalue weighted by atomic mass is 10.1. The third-order valence-electron chi connectivity index (χ3n) is 4.69. The third-order valence-corrected chi connectivity index (χ3v) is 5.95. The fraction of sp³-hybridized carbons (Fsp3) is 0.300. The summed E-state index contributed by atoms with van der Waals surface area (Å²) in [5, 5.41) is 8.21. The van der Waals surface area contributed by atoms with Crippen molar-refractivity contribution in [1.82, 2.24) is 9.80 Å². The van der Waals surface area contributed by atoms with E-state index < -0.39 is 10.0 Å². The summed E-state index contributed by atoms with van der Waals surface area (Å²) < 4.78 is 22.7. The second kappa shape index (κ2) is 10.0. The number of amides is 2. The number of primary sulfonamides is 1. The molecule has 8 nitrogen and oxygen atoms in total. The highest BCUT2D eigenvalue weighted by Gasteiger charge is 2.20. The summed E-state index contributed by atoms with van der Waals surface area (Å²) in [7, 11) is -0.432. The number of sulfonamides is 1. The SMILES string of the molecule is C[C@@H](c1ccc(S(N)(=O)=O)cc1)N(C)CC(=O)N(C)CC(=O)Nc1ccccc1Cl. The van der Waals surface area contributed by atoms with Crippen molar-refractivity contribution in [2.45, 2.75) is 17.9 Å². The van der Waals surface area contributed by atoms with E-state index >= 15 is 0 Å². The van der Waals surface area contributed by atoms with Crippen molar-refractivity contribution in [3.63, 3.8) is 0 Å². The predicted molar refractivity (Wildman–Crippen MR) is 117 cm³/mol. The minimum absolute atomic E-state index is 0.0291. The number of anilines is 1. The van der Waals surface area contributed by atoms with Crippen molar-refractivity contribution >= 4 is 39.1 Å². The molecule has 0 aromatic heterocycles. The number of likely N-dealkylation sites (N-methyl/N-ethyl adjacent to an activating group) is 2. The molecule has 2 amide bonds. The van der Waals surface area contributed by atoms with E-state index in [1.807, 2.05) is 6.92 Å². The van der Waals surface area contributed by atoms with Gasteiger partial charge in [0.05, 0.1) is 28.7 Å². The highest BCUT2D eigenvalue weighted by Crippen LogP contribution is 2.21. The molecule has 0 saturated carbocycles. The van der Waals surface area contributed by atoms with E-state index in [9.17, 15) is 18.0 Å². The largest absolute Gasteiger partial charge is 0.335 e. The summed E-state index contributed by atoms with van der Waals surface area (Å²) >= 11 is 6.02. The molecule has 2 aromatic rings. The van der Waals surface area contributed by atoms with E-state index in [1.54, 1.807) is 55.4 Å². The molecular weight excluding hydrogens is 428 g/mol. The average molecular weight is 453 g/mol. The van der Waals surface area contributed by atoms with Crippen LogP contribution in [0, 0.1) is 0 Å². The van der Waals surface area contributed by atoms with Crippen molar-refractivity contribution in [3.05, 3.63) is 59.1 Å². The summed E-state index contributed by atoms with van der Waals surface area (Å²) in [6, 6.07) is 12.9. The molecular formula is C20H25ClN4O4S. The Bertz CT molecular complexity index is 1010. The Hall–Kier alpha value is -2.46. The van der Waals surface area contributed by atoms with Crippen molar-refractivity contribution in [2.24, 2.45) is 5.14 Å². The summed E-state index contributed by atoms with van der Waals surface area (Å²) in [4.78, 5) is 27.9. The number of carbonyl (C=O) groups is 2. The van der Waals surface area contributed by atoms with Crippen LogP contribution in [0.1, 0.15) is 18.5 Å². The third kappa shape index (κ3) is 6.53. The van der Waals surface area contributed by atoms with Crippen LogP contribution in [0.3, 0.4) is 0 Å². The number of halogens is 1. The second-order valence-corrected chi connectivity index (χ2v) is 8.95. The minimum atomic E-state index is -3.75. The lowest BCUT2D eigenvalue weighted by Gasteiger charge is -2.27. The van der Waals surface area contributed by atoms with Gasteiger partial charge in [-0.3, -0.25) is 14.5 Å². The molecule has 0 aliphatic heterocycles. The Morgan fingerprint density at radius 1 is 1.07 bits per heavy atom. The summed E-state index contributed by atoms with van der Waals surface area (Å²) in [6.07, 6.45) is 0. The minimum Gasteiger partial charge on any atom is -0.335 e. The molecule has 0 radical (unpaired) electrons. The molecule has 30 heavy (non-hydrogen) atoms. The molecule has 10 heteroatoms. The highest BCUT2D eigenvalue weighted by atomic mass is 35.5. The molecule has 0 unspecified atom stereocenters. The molecule has 1 atom stereocenters. The van der Waals surface area contributed by atoms with Crippen LogP contribution in [0.15, 0.2) is 53.4 Å². The Labute approximate surface area is 181 Å². The average Bonchev–Trinajstić information content (AvgIpc) is 2.68. The molecule has 3 N–H and O–H groups in total. The van der Waals surface area contributed by atoms with Gasteiger partial charge in [0.15, 0.2) is 0 Å². The van der Waals surface area contributed by atoms with Gasteiger partial charge in [-0.2, -0.15) is 0 Å². The first-order valence-electron chi connectivity index (χ1n) is 9.10. The standard InChI is InChI=1S/C20H25ClN4O4S/c1-14(15-8-10-16(11-9-15)30(22,28)29)24(2)13-20(27)25(3)12-19(26)23-18-7-5-4-6-17(18)21/h4-11,14H,12-13H2,1-3H3,(H,23,26)(H2,22,28,29)/t14-/m0/s1. The first-order chi connectivity index (χ1) is 14.0. The molecule has 0 heterocycles.